The minimum atomic E-state index is -1.61. The monoisotopic (exact) mass is 247 g/mol. The van der Waals surface area contributed by atoms with Crippen LogP contribution in [0.4, 0.5) is 0 Å². The van der Waals surface area contributed by atoms with Crippen molar-refractivity contribution in [3.8, 4) is 5.75 Å². The van der Waals surface area contributed by atoms with Crippen LogP contribution >= 0.6 is 0 Å². The number of phenolic OH excluding ortho intramolecular Hbond substituents is 1. The molecule has 0 aliphatic rings. The molecule has 92 valence electrons. The van der Waals surface area contributed by atoms with E-state index in [0.29, 0.717) is 5.75 Å². The maximum atomic E-state index is 9.86. The second-order valence-electron chi connectivity index (χ2n) is 6.20. The summed E-state index contributed by atoms with van der Waals surface area (Å²) in [4.78, 5) is 0. The minimum absolute atomic E-state index is 0.282. The van der Waals surface area contributed by atoms with Gasteiger partial charge in [-0.1, -0.05) is 39.9 Å². The van der Waals surface area contributed by atoms with Crippen LogP contribution in [0.25, 0.3) is 10.9 Å². The molecule has 0 amide bonds. The number of phenols is 1. The Morgan fingerprint density at radius 2 is 1.76 bits per heavy atom. The average molecular weight is 247 g/mol. The van der Waals surface area contributed by atoms with E-state index >= 15 is 0 Å². The van der Waals surface area contributed by atoms with Gasteiger partial charge in [0.05, 0.1) is 0 Å². The van der Waals surface area contributed by atoms with Crippen LogP contribution in [0.3, 0.4) is 0 Å². The summed E-state index contributed by atoms with van der Waals surface area (Å²) < 4.78 is 2.39. The molecule has 0 atom stereocenters. The Morgan fingerprint density at radius 1 is 1.12 bits per heavy atom. The lowest BCUT2D eigenvalue weighted by molar-refractivity contribution is 0.481. The summed E-state index contributed by atoms with van der Waals surface area (Å²) >= 11 is 0. The number of rotatable bonds is 1. The zero-order valence-electron chi connectivity index (χ0n) is 11.3. The van der Waals surface area contributed by atoms with Crippen molar-refractivity contribution in [2.24, 2.45) is 0 Å². The average Bonchev–Trinajstić information content (AvgIpc) is 2.61. The maximum absolute atomic E-state index is 9.86. The number of fused-ring (bicyclic) bond motifs is 1. The molecule has 0 aliphatic carbocycles. The lowest BCUT2D eigenvalue weighted by Gasteiger charge is -2.38. The quantitative estimate of drug-likeness (QED) is 0.751. The van der Waals surface area contributed by atoms with Crippen LogP contribution in [0.2, 0.25) is 18.1 Å². The molecule has 1 aromatic heterocycles. The van der Waals surface area contributed by atoms with Crippen LogP contribution < -0.4 is 0 Å². The van der Waals surface area contributed by atoms with E-state index < -0.39 is 8.24 Å². The Bertz CT molecular complexity index is 549. The maximum Gasteiger partial charge on any atom is 0.161 e. The molecule has 0 bridgehead atoms. The van der Waals surface area contributed by atoms with Gasteiger partial charge in [-0.05, 0) is 29.4 Å². The fourth-order valence-corrected chi connectivity index (χ4v) is 3.97. The second kappa shape index (κ2) is 3.64. The Morgan fingerprint density at radius 3 is 2.35 bits per heavy atom. The number of hydrogen-bond donors (Lipinski definition) is 1. The SMILES string of the molecule is CC(C)(C)[Si](C)(C)n1ccc2c(O)cccc21. The van der Waals surface area contributed by atoms with E-state index in [-0.39, 0.29) is 5.04 Å². The first-order valence-corrected chi connectivity index (χ1v) is 8.99. The smallest absolute Gasteiger partial charge is 0.161 e. The zero-order chi connectivity index (χ0) is 12.8. The molecular weight excluding hydrogens is 226 g/mol. The van der Waals surface area contributed by atoms with Crippen LogP contribution in [0, 0.1) is 0 Å². The largest absolute Gasteiger partial charge is 0.507 e. The van der Waals surface area contributed by atoms with E-state index in [0.717, 1.165) is 10.9 Å². The van der Waals surface area contributed by atoms with Crippen molar-refractivity contribution in [3.63, 3.8) is 0 Å². The molecule has 0 saturated carbocycles. The topological polar surface area (TPSA) is 25.2 Å². The molecule has 0 unspecified atom stereocenters. The third kappa shape index (κ3) is 1.78. The number of aromatic nitrogens is 1. The van der Waals surface area contributed by atoms with Gasteiger partial charge in [0.1, 0.15) is 5.75 Å². The van der Waals surface area contributed by atoms with Crippen molar-refractivity contribution in [2.75, 3.05) is 0 Å². The number of aromatic hydroxyl groups is 1. The van der Waals surface area contributed by atoms with Crippen LogP contribution in [-0.2, 0) is 0 Å². The van der Waals surface area contributed by atoms with Crippen molar-refractivity contribution in [1.29, 1.82) is 0 Å². The molecule has 0 fully saturated rings. The molecule has 0 spiro atoms. The molecule has 17 heavy (non-hydrogen) atoms. The molecule has 0 saturated heterocycles. The van der Waals surface area contributed by atoms with Crippen molar-refractivity contribution in [1.82, 2.24) is 4.23 Å². The van der Waals surface area contributed by atoms with Gasteiger partial charge in [-0.25, -0.2) is 0 Å². The lowest BCUT2D eigenvalue weighted by atomic mass is 10.2. The number of nitrogens with zero attached hydrogens (tertiary/aromatic N) is 1. The highest BCUT2D eigenvalue weighted by Gasteiger charge is 2.38. The van der Waals surface area contributed by atoms with Gasteiger partial charge in [0.15, 0.2) is 8.24 Å². The summed E-state index contributed by atoms with van der Waals surface area (Å²) in [5.41, 5.74) is 1.15. The molecule has 2 aromatic rings. The van der Waals surface area contributed by atoms with Gasteiger partial charge in [-0.2, -0.15) is 0 Å². The molecule has 3 heteroatoms. The predicted molar refractivity (Wildman–Crippen MR) is 76.2 cm³/mol. The highest BCUT2D eigenvalue weighted by atomic mass is 28.3. The summed E-state index contributed by atoms with van der Waals surface area (Å²) in [5.74, 6) is 0.375. The van der Waals surface area contributed by atoms with Crippen molar-refractivity contribution in [2.45, 2.75) is 38.9 Å². The highest BCUT2D eigenvalue weighted by Crippen LogP contribution is 2.39. The molecule has 2 rings (SSSR count). The van der Waals surface area contributed by atoms with E-state index in [4.69, 9.17) is 0 Å². The summed E-state index contributed by atoms with van der Waals surface area (Å²) in [6, 6.07) is 7.78. The summed E-state index contributed by atoms with van der Waals surface area (Å²) in [5, 5.41) is 11.1. The second-order valence-corrected chi connectivity index (χ2v) is 11.3. The molecule has 1 aromatic carbocycles. The van der Waals surface area contributed by atoms with E-state index in [9.17, 15) is 5.11 Å². The minimum Gasteiger partial charge on any atom is -0.507 e. The van der Waals surface area contributed by atoms with Crippen LogP contribution in [0.15, 0.2) is 30.5 Å². The van der Waals surface area contributed by atoms with Gasteiger partial charge in [0.25, 0.3) is 0 Å². The molecule has 2 nitrogen and oxygen atoms in total. The van der Waals surface area contributed by atoms with Gasteiger partial charge in [0.2, 0.25) is 0 Å². The van der Waals surface area contributed by atoms with Gasteiger partial charge < -0.3 is 9.34 Å². The first-order chi connectivity index (χ1) is 7.75. The molecule has 0 radical (unpaired) electrons. The zero-order valence-corrected chi connectivity index (χ0v) is 12.3. The van der Waals surface area contributed by atoms with Crippen LogP contribution in [0.5, 0.6) is 5.75 Å². The van der Waals surface area contributed by atoms with Crippen molar-refractivity contribution >= 4 is 19.1 Å². The Balaban J connectivity index is 2.69. The number of hydrogen-bond acceptors (Lipinski definition) is 1. The lowest BCUT2D eigenvalue weighted by Crippen LogP contribution is -2.44. The van der Waals surface area contributed by atoms with Gasteiger partial charge in [0, 0.05) is 10.9 Å². The van der Waals surface area contributed by atoms with E-state index in [2.05, 4.69) is 50.4 Å². The molecular formula is C14H21NOSi. The van der Waals surface area contributed by atoms with Gasteiger partial charge >= 0.3 is 0 Å². The van der Waals surface area contributed by atoms with Crippen LogP contribution in [-0.4, -0.2) is 17.6 Å². The summed E-state index contributed by atoms with van der Waals surface area (Å²) in [6.07, 6.45) is 2.13. The van der Waals surface area contributed by atoms with Crippen LogP contribution in [0.1, 0.15) is 20.8 Å². The highest BCUT2D eigenvalue weighted by molar-refractivity contribution is 6.79. The third-order valence-corrected chi connectivity index (χ3v) is 9.41. The van der Waals surface area contributed by atoms with Gasteiger partial charge in [-0.3, -0.25) is 0 Å². The fourth-order valence-electron chi connectivity index (χ4n) is 2.00. The fraction of sp³-hybridized carbons (Fsp3) is 0.429. The van der Waals surface area contributed by atoms with Crippen molar-refractivity contribution in [3.05, 3.63) is 30.5 Å². The Kier molecular flexibility index (Phi) is 2.62. The van der Waals surface area contributed by atoms with E-state index in [1.165, 1.54) is 0 Å². The summed E-state index contributed by atoms with van der Waals surface area (Å²) in [6.45, 7) is 11.6. The first-order valence-electron chi connectivity index (χ1n) is 6.05. The number of benzene rings is 1. The summed E-state index contributed by atoms with van der Waals surface area (Å²) in [7, 11) is -1.61. The molecule has 1 heterocycles. The Labute approximate surface area is 104 Å². The molecule has 1 N–H and O–H groups in total. The third-order valence-electron chi connectivity index (χ3n) is 4.15. The molecule has 0 aliphatic heterocycles. The van der Waals surface area contributed by atoms with E-state index in [1.807, 2.05) is 12.1 Å². The predicted octanol–water partition coefficient (Wildman–Crippen LogP) is 4.20. The Hall–Kier alpha value is -1.22. The normalized spacial score (nSPS) is 13.2. The first kappa shape index (κ1) is 12.2. The standard InChI is InChI=1S/C14H21NOSi/c1-14(2,3)17(4,5)15-10-9-11-12(15)7-6-8-13(11)16/h6-10,16H,1-5H3. The van der Waals surface area contributed by atoms with Gasteiger partial charge in [-0.15, -0.1) is 0 Å². The van der Waals surface area contributed by atoms with E-state index in [1.54, 1.807) is 6.07 Å². The van der Waals surface area contributed by atoms with Crippen molar-refractivity contribution < 1.29 is 5.11 Å².